The second-order valence-corrected chi connectivity index (χ2v) is 8.70. The van der Waals surface area contributed by atoms with Crippen molar-refractivity contribution < 1.29 is 9.53 Å². The Morgan fingerprint density at radius 2 is 2.17 bits per heavy atom. The van der Waals surface area contributed by atoms with Crippen molar-refractivity contribution in [2.24, 2.45) is 5.41 Å². The predicted octanol–water partition coefficient (Wildman–Crippen LogP) is 1.57. The number of aromatic nitrogens is 1. The van der Waals surface area contributed by atoms with Crippen molar-refractivity contribution in [3.63, 3.8) is 0 Å². The molecule has 29 heavy (non-hydrogen) atoms. The highest BCUT2D eigenvalue weighted by Gasteiger charge is 2.49. The molecule has 2 atom stereocenters. The van der Waals surface area contributed by atoms with Crippen LogP contribution in [0.4, 0.5) is 5.69 Å². The molecule has 2 N–H and O–H groups in total. The Balaban J connectivity index is 1.33. The van der Waals surface area contributed by atoms with Crippen molar-refractivity contribution in [3.05, 3.63) is 36.0 Å². The van der Waals surface area contributed by atoms with Gasteiger partial charge >= 0.3 is 0 Å². The molecule has 1 aromatic carbocycles. The van der Waals surface area contributed by atoms with Gasteiger partial charge in [-0.05, 0) is 49.4 Å². The lowest BCUT2D eigenvalue weighted by atomic mass is 9.61. The minimum atomic E-state index is -0.503. The van der Waals surface area contributed by atoms with E-state index in [1.807, 2.05) is 25.1 Å². The van der Waals surface area contributed by atoms with Crippen LogP contribution in [0.15, 0.2) is 30.5 Å². The summed E-state index contributed by atoms with van der Waals surface area (Å²) in [6.45, 7) is 5.33. The number of hydrogen-bond donors (Lipinski definition) is 2. The second-order valence-electron chi connectivity index (χ2n) is 8.70. The lowest BCUT2D eigenvalue weighted by Gasteiger charge is -2.54. The van der Waals surface area contributed by atoms with Crippen LogP contribution in [0.3, 0.4) is 0 Å². The second kappa shape index (κ2) is 6.97. The van der Waals surface area contributed by atoms with E-state index in [-0.39, 0.29) is 18.1 Å². The number of benzene rings is 1. The Kier molecular flexibility index (Phi) is 4.41. The summed E-state index contributed by atoms with van der Waals surface area (Å²) in [6.07, 6.45) is 3.25. The van der Waals surface area contributed by atoms with Crippen LogP contribution in [0.5, 0.6) is 0 Å². The summed E-state index contributed by atoms with van der Waals surface area (Å²) in [7, 11) is 0. The molecule has 3 heterocycles. The predicted molar refractivity (Wildman–Crippen MR) is 109 cm³/mol. The molecule has 0 unspecified atom stereocenters. The fourth-order valence-electron chi connectivity index (χ4n) is 4.97. The molecule has 5 rings (SSSR count). The van der Waals surface area contributed by atoms with Gasteiger partial charge in [-0.15, -0.1) is 0 Å². The van der Waals surface area contributed by atoms with E-state index in [9.17, 15) is 10.1 Å². The summed E-state index contributed by atoms with van der Waals surface area (Å²) in [5.41, 5.74) is 2.67. The highest BCUT2D eigenvalue weighted by Crippen LogP contribution is 2.44. The standard InChI is InChI=1S/C22H25N5O2/c1-14-10-27(18-5-4-15(9-23)20-17(18)3-2-6-25-20)11-19(29-14)21(28)26-16-7-22(8-16)12-24-13-22/h2-6,14,16,19,24H,7-8,10-13H2,1H3,(H,26,28)/t14-,19-/m1/s1. The van der Waals surface area contributed by atoms with Crippen LogP contribution in [-0.2, 0) is 9.53 Å². The lowest BCUT2D eigenvalue weighted by Crippen LogP contribution is -2.66. The molecule has 1 amide bonds. The summed E-state index contributed by atoms with van der Waals surface area (Å²) in [6, 6.07) is 10.1. The minimum absolute atomic E-state index is 0.0234. The van der Waals surface area contributed by atoms with Gasteiger partial charge in [0.25, 0.3) is 5.91 Å². The van der Waals surface area contributed by atoms with Crippen molar-refractivity contribution in [1.82, 2.24) is 15.6 Å². The number of carbonyl (C=O) groups is 1. The number of amides is 1. The van der Waals surface area contributed by atoms with Gasteiger partial charge in [0.2, 0.25) is 0 Å². The first kappa shape index (κ1) is 18.3. The zero-order valence-electron chi connectivity index (χ0n) is 16.5. The summed E-state index contributed by atoms with van der Waals surface area (Å²) >= 11 is 0. The van der Waals surface area contributed by atoms with Crippen LogP contribution in [0.2, 0.25) is 0 Å². The first-order valence-corrected chi connectivity index (χ1v) is 10.3. The average molecular weight is 391 g/mol. The average Bonchev–Trinajstić information content (AvgIpc) is 2.67. The first-order valence-electron chi connectivity index (χ1n) is 10.3. The van der Waals surface area contributed by atoms with Crippen molar-refractivity contribution in [3.8, 4) is 6.07 Å². The Labute approximate surface area is 170 Å². The number of nitrogens with zero attached hydrogens (tertiary/aromatic N) is 3. The number of anilines is 1. The van der Waals surface area contributed by atoms with Crippen molar-refractivity contribution in [2.45, 2.75) is 38.0 Å². The maximum Gasteiger partial charge on any atom is 0.251 e. The molecule has 2 aliphatic heterocycles. The van der Waals surface area contributed by atoms with E-state index in [0.717, 1.165) is 37.0 Å². The Bertz CT molecular complexity index is 988. The molecular formula is C22H25N5O2. The van der Waals surface area contributed by atoms with Gasteiger partial charge in [0, 0.05) is 42.9 Å². The molecule has 2 aromatic rings. The smallest absolute Gasteiger partial charge is 0.251 e. The summed E-state index contributed by atoms with van der Waals surface area (Å²) < 4.78 is 5.98. The normalized spacial score (nSPS) is 25.9. The van der Waals surface area contributed by atoms with Gasteiger partial charge in [-0.1, -0.05) is 0 Å². The van der Waals surface area contributed by atoms with E-state index < -0.39 is 6.10 Å². The third-order valence-electron chi connectivity index (χ3n) is 6.47. The molecule has 1 aliphatic carbocycles. The van der Waals surface area contributed by atoms with Gasteiger partial charge in [0.05, 0.1) is 23.7 Å². The highest BCUT2D eigenvalue weighted by molar-refractivity contribution is 5.95. The molecule has 1 spiro atoms. The molecule has 0 bridgehead atoms. The molecule has 3 fully saturated rings. The van der Waals surface area contributed by atoms with Crippen molar-refractivity contribution >= 4 is 22.5 Å². The van der Waals surface area contributed by atoms with E-state index >= 15 is 0 Å². The maximum absolute atomic E-state index is 12.9. The Hall–Kier alpha value is -2.69. The largest absolute Gasteiger partial charge is 0.365 e. The molecule has 7 heteroatoms. The number of morpholine rings is 1. The molecule has 2 saturated heterocycles. The number of ether oxygens (including phenoxy) is 1. The highest BCUT2D eigenvalue weighted by atomic mass is 16.5. The summed E-state index contributed by atoms with van der Waals surface area (Å²) in [5, 5.41) is 16.8. The topological polar surface area (TPSA) is 90.3 Å². The first-order chi connectivity index (χ1) is 14.1. The summed E-state index contributed by atoms with van der Waals surface area (Å²) in [4.78, 5) is 19.5. The molecule has 3 aliphatic rings. The van der Waals surface area contributed by atoms with Crippen LogP contribution in [0, 0.1) is 16.7 Å². The number of nitrogens with one attached hydrogen (secondary N) is 2. The maximum atomic E-state index is 12.9. The van der Waals surface area contributed by atoms with E-state index in [2.05, 4.69) is 26.6 Å². The summed E-state index contributed by atoms with van der Waals surface area (Å²) in [5.74, 6) is -0.0234. The number of rotatable bonds is 3. The van der Waals surface area contributed by atoms with Gasteiger partial charge in [0.1, 0.15) is 6.07 Å². The lowest BCUT2D eigenvalue weighted by molar-refractivity contribution is -0.140. The third kappa shape index (κ3) is 3.22. The van der Waals surface area contributed by atoms with Crippen molar-refractivity contribution in [2.75, 3.05) is 31.1 Å². The molecule has 7 nitrogen and oxygen atoms in total. The van der Waals surface area contributed by atoms with E-state index in [4.69, 9.17) is 4.74 Å². The Morgan fingerprint density at radius 1 is 1.34 bits per heavy atom. The molecular weight excluding hydrogens is 366 g/mol. The van der Waals surface area contributed by atoms with Gasteiger partial charge in [-0.3, -0.25) is 9.78 Å². The molecule has 1 saturated carbocycles. The number of hydrogen-bond acceptors (Lipinski definition) is 6. The van der Waals surface area contributed by atoms with Crippen LogP contribution in [-0.4, -0.2) is 55.3 Å². The van der Waals surface area contributed by atoms with Crippen LogP contribution in [0.25, 0.3) is 10.9 Å². The molecule has 1 aromatic heterocycles. The van der Waals surface area contributed by atoms with Crippen LogP contribution >= 0.6 is 0 Å². The van der Waals surface area contributed by atoms with Gasteiger partial charge in [-0.2, -0.15) is 5.26 Å². The molecule has 0 radical (unpaired) electrons. The quantitative estimate of drug-likeness (QED) is 0.826. The van der Waals surface area contributed by atoms with Gasteiger partial charge < -0.3 is 20.3 Å². The SMILES string of the molecule is C[C@@H]1CN(c2ccc(C#N)c3ncccc23)C[C@H](C(=O)NC2CC3(CNC3)C2)O1. The van der Waals surface area contributed by atoms with E-state index in [1.54, 1.807) is 12.3 Å². The number of pyridine rings is 1. The van der Waals surface area contributed by atoms with Gasteiger partial charge in [-0.25, -0.2) is 0 Å². The fourth-order valence-corrected chi connectivity index (χ4v) is 4.97. The zero-order chi connectivity index (χ0) is 20.0. The molecule has 150 valence electrons. The number of carbonyl (C=O) groups excluding carboxylic acids is 1. The van der Waals surface area contributed by atoms with Crippen molar-refractivity contribution in [1.29, 1.82) is 5.26 Å². The number of fused-ring (bicyclic) bond motifs is 1. The van der Waals surface area contributed by atoms with E-state index in [1.165, 1.54) is 0 Å². The van der Waals surface area contributed by atoms with Gasteiger partial charge in [0.15, 0.2) is 6.10 Å². The van der Waals surface area contributed by atoms with Crippen LogP contribution < -0.4 is 15.5 Å². The minimum Gasteiger partial charge on any atom is -0.365 e. The monoisotopic (exact) mass is 391 g/mol. The van der Waals surface area contributed by atoms with E-state index in [0.29, 0.717) is 29.6 Å². The van der Waals surface area contributed by atoms with Crippen LogP contribution in [0.1, 0.15) is 25.3 Å². The Morgan fingerprint density at radius 3 is 2.90 bits per heavy atom. The third-order valence-corrected chi connectivity index (χ3v) is 6.47. The zero-order valence-corrected chi connectivity index (χ0v) is 16.5. The number of nitriles is 1. The fraction of sp³-hybridized carbons (Fsp3) is 0.500.